The van der Waals surface area contributed by atoms with Crippen LogP contribution in [0.5, 0.6) is 11.6 Å². The molecule has 2 aromatic heterocycles. The molecule has 3 rings (SSSR count). The van der Waals surface area contributed by atoms with Gasteiger partial charge in [0.2, 0.25) is 0 Å². The molecule has 0 aliphatic heterocycles. The third-order valence-corrected chi connectivity index (χ3v) is 3.66. The Morgan fingerprint density at radius 3 is 2.45 bits per heavy atom. The Bertz CT molecular complexity index is 823. The summed E-state index contributed by atoms with van der Waals surface area (Å²) in [4.78, 5) is 12.7. The fraction of sp³-hybridized carbons (Fsp3) is 0.214. The van der Waals surface area contributed by atoms with Gasteiger partial charge in [-0.3, -0.25) is 0 Å². The van der Waals surface area contributed by atoms with Gasteiger partial charge in [-0.15, -0.1) is 0 Å². The van der Waals surface area contributed by atoms with Crippen LogP contribution in [-0.2, 0) is 0 Å². The average molecular weight is 338 g/mol. The summed E-state index contributed by atoms with van der Waals surface area (Å²) in [6, 6.07) is 3.35. The zero-order valence-corrected chi connectivity index (χ0v) is 13.4. The van der Waals surface area contributed by atoms with Crippen LogP contribution in [0.3, 0.4) is 0 Å². The highest BCUT2D eigenvalue weighted by Crippen LogP contribution is 2.38. The maximum Gasteiger partial charge on any atom is 0.251 e. The minimum Gasteiger partial charge on any atom is -0.434 e. The number of nitrogens with zero attached hydrogens (tertiary/aromatic N) is 4. The highest BCUT2D eigenvalue weighted by molar-refractivity contribution is 6.37. The second kappa shape index (κ2) is 5.62. The van der Waals surface area contributed by atoms with E-state index < -0.39 is 0 Å². The number of hydrogen-bond donors (Lipinski definition) is 1. The van der Waals surface area contributed by atoms with E-state index in [9.17, 15) is 0 Å². The van der Waals surface area contributed by atoms with Gasteiger partial charge in [0.15, 0.2) is 16.9 Å². The predicted octanol–water partition coefficient (Wildman–Crippen LogP) is 4.09. The smallest absolute Gasteiger partial charge is 0.251 e. The first kappa shape index (κ1) is 14.9. The summed E-state index contributed by atoms with van der Waals surface area (Å²) in [5.74, 6) is 0.578. The summed E-state index contributed by atoms with van der Waals surface area (Å²) < 4.78 is 7.68. The zero-order valence-electron chi connectivity index (χ0n) is 11.9. The quantitative estimate of drug-likeness (QED) is 0.728. The maximum absolute atomic E-state index is 6.13. The molecule has 0 aliphatic rings. The van der Waals surface area contributed by atoms with Crippen LogP contribution in [0.4, 0.5) is 5.69 Å². The molecule has 8 heteroatoms. The molecule has 0 saturated heterocycles. The largest absolute Gasteiger partial charge is 0.434 e. The molecular formula is C14H13Cl2N5O. The summed E-state index contributed by atoms with van der Waals surface area (Å²) in [6.07, 6.45) is 3.11. The Hall–Kier alpha value is -2.05. The van der Waals surface area contributed by atoms with Gasteiger partial charge in [0.25, 0.3) is 5.88 Å². The Morgan fingerprint density at radius 1 is 1.14 bits per heavy atom. The summed E-state index contributed by atoms with van der Waals surface area (Å²) in [6.45, 7) is 4.08. The minimum absolute atomic E-state index is 0.219. The topological polar surface area (TPSA) is 78.9 Å². The lowest BCUT2D eigenvalue weighted by Gasteiger charge is -2.10. The first-order valence-corrected chi connectivity index (χ1v) is 7.33. The van der Waals surface area contributed by atoms with Crippen molar-refractivity contribution >= 4 is 40.1 Å². The predicted molar refractivity (Wildman–Crippen MR) is 86.7 cm³/mol. The maximum atomic E-state index is 6.13. The fourth-order valence-electron chi connectivity index (χ4n) is 2.06. The van der Waals surface area contributed by atoms with E-state index in [4.69, 9.17) is 33.7 Å². The van der Waals surface area contributed by atoms with Crippen molar-refractivity contribution in [1.29, 1.82) is 0 Å². The van der Waals surface area contributed by atoms with Crippen LogP contribution >= 0.6 is 23.2 Å². The average Bonchev–Trinajstić information content (AvgIpc) is 2.87. The lowest BCUT2D eigenvalue weighted by Crippen LogP contribution is -2.00. The molecule has 2 N–H and O–H groups in total. The molecular weight excluding hydrogens is 325 g/mol. The number of hydrogen-bond acceptors (Lipinski definition) is 5. The van der Waals surface area contributed by atoms with Gasteiger partial charge in [-0.2, -0.15) is 4.98 Å². The molecule has 0 aliphatic carbocycles. The normalized spacial score (nSPS) is 11.3. The lowest BCUT2D eigenvalue weighted by molar-refractivity contribution is 0.467. The van der Waals surface area contributed by atoms with E-state index in [2.05, 4.69) is 15.0 Å². The summed E-state index contributed by atoms with van der Waals surface area (Å²) >= 11 is 12.3. The van der Waals surface area contributed by atoms with Gasteiger partial charge in [-0.25, -0.2) is 9.97 Å². The van der Waals surface area contributed by atoms with Crippen LogP contribution in [0.1, 0.15) is 19.9 Å². The summed E-state index contributed by atoms with van der Waals surface area (Å²) in [7, 11) is 0. The number of nitrogens with two attached hydrogens (primary N) is 1. The third-order valence-electron chi connectivity index (χ3n) is 3.10. The van der Waals surface area contributed by atoms with Crippen molar-refractivity contribution in [3.8, 4) is 11.6 Å². The van der Waals surface area contributed by atoms with E-state index in [1.165, 1.54) is 6.33 Å². The van der Waals surface area contributed by atoms with Crippen LogP contribution in [-0.4, -0.2) is 19.5 Å². The minimum atomic E-state index is 0.219. The van der Waals surface area contributed by atoms with Crippen molar-refractivity contribution < 1.29 is 4.74 Å². The SMILES string of the molecule is CC(C)n1cnc2c(Oc3c(Cl)cc(N)cc3Cl)ncnc21. The van der Waals surface area contributed by atoms with E-state index >= 15 is 0 Å². The van der Waals surface area contributed by atoms with Crippen LogP contribution in [0.15, 0.2) is 24.8 Å². The molecule has 0 radical (unpaired) electrons. The number of anilines is 1. The Labute approximate surface area is 136 Å². The van der Waals surface area contributed by atoms with Gasteiger partial charge in [0.1, 0.15) is 6.33 Å². The van der Waals surface area contributed by atoms with Gasteiger partial charge in [-0.05, 0) is 26.0 Å². The molecule has 0 amide bonds. The van der Waals surface area contributed by atoms with Crippen molar-refractivity contribution in [1.82, 2.24) is 19.5 Å². The van der Waals surface area contributed by atoms with Crippen molar-refractivity contribution in [2.75, 3.05) is 5.73 Å². The number of halogens is 2. The standard InChI is InChI=1S/C14H13Cl2N5O/c1-7(2)21-6-20-11-13(21)18-5-19-14(11)22-12-9(15)3-8(17)4-10(12)16/h3-7H,17H2,1-2H3. The van der Waals surface area contributed by atoms with Crippen LogP contribution < -0.4 is 10.5 Å². The number of ether oxygens (including phenoxy) is 1. The highest BCUT2D eigenvalue weighted by atomic mass is 35.5. The van der Waals surface area contributed by atoms with E-state index in [1.54, 1.807) is 18.5 Å². The van der Waals surface area contributed by atoms with Gasteiger partial charge < -0.3 is 15.0 Å². The van der Waals surface area contributed by atoms with E-state index in [-0.39, 0.29) is 17.7 Å². The third kappa shape index (κ3) is 2.55. The first-order valence-electron chi connectivity index (χ1n) is 6.57. The second-order valence-electron chi connectivity index (χ2n) is 5.01. The zero-order chi connectivity index (χ0) is 15.9. The number of aromatic nitrogens is 4. The Balaban J connectivity index is 2.09. The highest BCUT2D eigenvalue weighted by Gasteiger charge is 2.16. The monoisotopic (exact) mass is 337 g/mol. The molecule has 0 atom stereocenters. The molecule has 22 heavy (non-hydrogen) atoms. The van der Waals surface area contributed by atoms with E-state index in [0.29, 0.717) is 26.9 Å². The second-order valence-corrected chi connectivity index (χ2v) is 5.83. The fourth-order valence-corrected chi connectivity index (χ4v) is 2.64. The molecule has 3 aromatic rings. The van der Waals surface area contributed by atoms with Crippen LogP contribution in [0, 0.1) is 0 Å². The Kier molecular flexibility index (Phi) is 3.80. The van der Waals surface area contributed by atoms with Gasteiger partial charge >= 0.3 is 0 Å². The van der Waals surface area contributed by atoms with Gasteiger partial charge in [0.05, 0.1) is 16.4 Å². The Morgan fingerprint density at radius 2 is 1.82 bits per heavy atom. The molecule has 0 unspecified atom stereocenters. The molecule has 2 heterocycles. The first-order chi connectivity index (χ1) is 10.5. The van der Waals surface area contributed by atoms with E-state index in [0.717, 1.165) is 0 Å². The number of fused-ring (bicyclic) bond motifs is 1. The molecule has 0 saturated carbocycles. The molecule has 1 aromatic carbocycles. The van der Waals surface area contributed by atoms with Crippen LogP contribution in [0.2, 0.25) is 10.0 Å². The van der Waals surface area contributed by atoms with Crippen molar-refractivity contribution in [3.63, 3.8) is 0 Å². The lowest BCUT2D eigenvalue weighted by atomic mass is 10.3. The number of benzene rings is 1. The van der Waals surface area contributed by atoms with Gasteiger partial charge in [0, 0.05) is 11.7 Å². The van der Waals surface area contributed by atoms with Crippen molar-refractivity contribution in [2.24, 2.45) is 0 Å². The summed E-state index contributed by atoms with van der Waals surface area (Å²) in [5, 5.41) is 0.611. The van der Waals surface area contributed by atoms with Crippen molar-refractivity contribution in [3.05, 3.63) is 34.8 Å². The molecule has 0 spiro atoms. The van der Waals surface area contributed by atoms with E-state index in [1.807, 2.05) is 18.4 Å². The van der Waals surface area contributed by atoms with Crippen molar-refractivity contribution in [2.45, 2.75) is 19.9 Å². The van der Waals surface area contributed by atoms with Crippen LogP contribution in [0.25, 0.3) is 11.2 Å². The molecule has 0 fully saturated rings. The number of nitrogen functional groups attached to an aromatic ring is 1. The molecule has 0 bridgehead atoms. The molecule has 114 valence electrons. The van der Waals surface area contributed by atoms with Gasteiger partial charge in [-0.1, -0.05) is 23.2 Å². The summed E-state index contributed by atoms with van der Waals surface area (Å²) in [5.41, 5.74) is 7.37. The number of rotatable bonds is 3. The molecule has 6 nitrogen and oxygen atoms in total. The number of imidazole rings is 1.